The maximum absolute atomic E-state index is 11.0. The van der Waals surface area contributed by atoms with Crippen molar-refractivity contribution in [1.82, 2.24) is 4.98 Å². The van der Waals surface area contributed by atoms with Gasteiger partial charge in [-0.2, -0.15) is 0 Å². The molecule has 0 unspecified atom stereocenters. The standard InChI is InChI=1S/C16H10BrNO3/c17-12-6-11(16(19)20)7-14(8-12)21-13-4-3-10-2-1-5-18-15(10)9-13/h1-9H,(H,19,20). The molecule has 4 nitrogen and oxygen atoms in total. The fourth-order valence-electron chi connectivity index (χ4n) is 1.99. The van der Waals surface area contributed by atoms with Gasteiger partial charge in [0.15, 0.2) is 0 Å². The summed E-state index contributed by atoms with van der Waals surface area (Å²) in [6.07, 6.45) is 1.72. The number of carbonyl (C=O) groups is 1. The van der Waals surface area contributed by atoms with Gasteiger partial charge in [0, 0.05) is 22.1 Å². The number of carboxylic acid groups (broad SMARTS) is 1. The number of ether oxygens (including phenoxy) is 1. The van der Waals surface area contributed by atoms with Crippen molar-refractivity contribution in [3.05, 3.63) is 64.8 Å². The zero-order chi connectivity index (χ0) is 14.8. The maximum atomic E-state index is 11.0. The topological polar surface area (TPSA) is 59.4 Å². The van der Waals surface area contributed by atoms with E-state index in [1.54, 1.807) is 12.3 Å². The highest BCUT2D eigenvalue weighted by Gasteiger charge is 2.08. The van der Waals surface area contributed by atoms with Gasteiger partial charge in [0.25, 0.3) is 0 Å². The van der Waals surface area contributed by atoms with Crippen LogP contribution in [0, 0.1) is 0 Å². The molecular weight excluding hydrogens is 334 g/mol. The smallest absolute Gasteiger partial charge is 0.335 e. The van der Waals surface area contributed by atoms with Crippen LogP contribution in [0.5, 0.6) is 11.5 Å². The van der Waals surface area contributed by atoms with Crippen molar-refractivity contribution in [2.75, 3.05) is 0 Å². The normalized spacial score (nSPS) is 10.5. The van der Waals surface area contributed by atoms with E-state index in [1.807, 2.05) is 30.3 Å². The summed E-state index contributed by atoms with van der Waals surface area (Å²) in [4.78, 5) is 15.3. The van der Waals surface area contributed by atoms with E-state index in [2.05, 4.69) is 20.9 Å². The molecule has 0 spiro atoms. The molecule has 2 aromatic carbocycles. The van der Waals surface area contributed by atoms with Gasteiger partial charge in [0.05, 0.1) is 11.1 Å². The first-order chi connectivity index (χ1) is 10.1. The second kappa shape index (κ2) is 5.54. The average Bonchev–Trinajstić information content (AvgIpc) is 2.46. The Morgan fingerprint density at radius 2 is 1.95 bits per heavy atom. The van der Waals surface area contributed by atoms with Gasteiger partial charge in [-0.3, -0.25) is 4.98 Å². The van der Waals surface area contributed by atoms with E-state index in [0.29, 0.717) is 16.0 Å². The predicted molar refractivity (Wildman–Crippen MR) is 82.9 cm³/mol. The molecule has 1 aromatic heterocycles. The molecular formula is C16H10BrNO3. The van der Waals surface area contributed by atoms with Gasteiger partial charge >= 0.3 is 5.97 Å². The number of aromatic nitrogens is 1. The van der Waals surface area contributed by atoms with Crippen molar-refractivity contribution >= 4 is 32.8 Å². The Kier molecular flexibility index (Phi) is 3.58. The molecule has 1 N–H and O–H groups in total. The largest absolute Gasteiger partial charge is 0.478 e. The van der Waals surface area contributed by atoms with Crippen molar-refractivity contribution in [3.63, 3.8) is 0 Å². The number of fused-ring (bicyclic) bond motifs is 1. The molecule has 0 radical (unpaired) electrons. The van der Waals surface area contributed by atoms with Crippen LogP contribution in [0.4, 0.5) is 0 Å². The first-order valence-electron chi connectivity index (χ1n) is 6.18. The number of hydrogen-bond acceptors (Lipinski definition) is 3. The van der Waals surface area contributed by atoms with Crippen LogP contribution in [0.25, 0.3) is 10.9 Å². The quantitative estimate of drug-likeness (QED) is 0.761. The molecule has 0 aliphatic carbocycles. The van der Waals surface area contributed by atoms with Crippen LogP contribution in [0.3, 0.4) is 0 Å². The Morgan fingerprint density at radius 3 is 2.76 bits per heavy atom. The van der Waals surface area contributed by atoms with E-state index >= 15 is 0 Å². The molecule has 3 rings (SSSR count). The van der Waals surface area contributed by atoms with E-state index in [4.69, 9.17) is 9.84 Å². The minimum atomic E-state index is -0.999. The van der Waals surface area contributed by atoms with Gasteiger partial charge in [-0.05, 0) is 36.4 Å². The highest BCUT2D eigenvalue weighted by molar-refractivity contribution is 9.10. The summed E-state index contributed by atoms with van der Waals surface area (Å²) in [7, 11) is 0. The summed E-state index contributed by atoms with van der Waals surface area (Å²) in [5.74, 6) is 0.0639. The summed E-state index contributed by atoms with van der Waals surface area (Å²) in [6, 6.07) is 14.1. The van der Waals surface area contributed by atoms with Crippen molar-refractivity contribution in [2.45, 2.75) is 0 Å². The number of aromatic carboxylic acids is 1. The van der Waals surface area contributed by atoms with Crippen LogP contribution < -0.4 is 4.74 Å². The predicted octanol–water partition coefficient (Wildman–Crippen LogP) is 4.49. The fraction of sp³-hybridized carbons (Fsp3) is 0. The fourth-order valence-corrected chi connectivity index (χ4v) is 2.46. The first-order valence-corrected chi connectivity index (χ1v) is 6.98. The third-order valence-electron chi connectivity index (χ3n) is 2.93. The molecule has 0 amide bonds. The summed E-state index contributed by atoms with van der Waals surface area (Å²) in [5, 5.41) is 10.1. The Hall–Kier alpha value is -2.40. The molecule has 5 heteroatoms. The summed E-state index contributed by atoms with van der Waals surface area (Å²) >= 11 is 3.28. The van der Waals surface area contributed by atoms with E-state index < -0.39 is 5.97 Å². The van der Waals surface area contributed by atoms with Gasteiger partial charge in [-0.1, -0.05) is 22.0 Å². The zero-order valence-corrected chi connectivity index (χ0v) is 12.4. The highest BCUT2D eigenvalue weighted by Crippen LogP contribution is 2.28. The Bertz CT molecular complexity index is 833. The second-order valence-electron chi connectivity index (χ2n) is 4.44. The minimum Gasteiger partial charge on any atom is -0.478 e. The van der Waals surface area contributed by atoms with Crippen LogP contribution in [-0.2, 0) is 0 Å². The van der Waals surface area contributed by atoms with Crippen LogP contribution in [0.2, 0.25) is 0 Å². The number of rotatable bonds is 3. The molecule has 21 heavy (non-hydrogen) atoms. The summed E-state index contributed by atoms with van der Waals surface area (Å²) < 4.78 is 6.37. The lowest BCUT2D eigenvalue weighted by Gasteiger charge is -2.08. The molecule has 0 bridgehead atoms. The highest BCUT2D eigenvalue weighted by atomic mass is 79.9. The van der Waals surface area contributed by atoms with E-state index in [0.717, 1.165) is 10.9 Å². The van der Waals surface area contributed by atoms with Crippen molar-refractivity contribution in [2.24, 2.45) is 0 Å². The number of carboxylic acids is 1. The van der Waals surface area contributed by atoms with Gasteiger partial charge in [0.2, 0.25) is 0 Å². The molecule has 0 saturated heterocycles. The van der Waals surface area contributed by atoms with E-state index in [9.17, 15) is 4.79 Å². The lowest BCUT2D eigenvalue weighted by Crippen LogP contribution is -1.96. The van der Waals surface area contributed by atoms with Crippen molar-refractivity contribution in [3.8, 4) is 11.5 Å². The van der Waals surface area contributed by atoms with Gasteiger partial charge in [0.1, 0.15) is 11.5 Å². The Balaban J connectivity index is 1.96. The SMILES string of the molecule is O=C(O)c1cc(Br)cc(Oc2ccc3cccnc3c2)c1. The third-order valence-corrected chi connectivity index (χ3v) is 3.39. The molecule has 0 atom stereocenters. The van der Waals surface area contributed by atoms with E-state index in [-0.39, 0.29) is 5.56 Å². The van der Waals surface area contributed by atoms with Crippen LogP contribution in [-0.4, -0.2) is 16.1 Å². The Labute approximate surface area is 129 Å². The lowest BCUT2D eigenvalue weighted by molar-refractivity contribution is 0.0696. The lowest BCUT2D eigenvalue weighted by atomic mass is 10.2. The minimum absolute atomic E-state index is 0.165. The van der Waals surface area contributed by atoms with Gasteiger partial charge in [-0.15, -0.1) is 0 Å². The zero-order valence-electron chi connectivity index (χ0n) is 10.8. The molecule has 0 saturated carbocycles. The monoisotopic (exact) mass is 343 g/mol. The maximum Gasteiger partial charge on any atom is 0.335 e. The molecule has 0 aliphatic rings. The number of halogens is 1. The van der Waals surface area contributed by atoms with Crippen molar-refractivity contribution in [1.29, 1.82) is 0 Å². The molecule has 0 fully saturated rings. The number of benzene rings is 2. The van der Waals surface area contributed by atoms with Gasteiger partial charge in [-0.25, -0.2) is 4.79 Å². The number of pyridine rings is 1. The molecule has 3 aromatic rings. The van der Waals surface area contributed by atoms with Crippen molar-refractivity contribution < 1.29 is 14.6 Å². The first kappa shape index (κ1) is 13.6. The van der Waals surface area contributed by atoms with Crippen LogP contribution in [0.15, 0.2) is 59.2 Å². The number of hydrogen-bond donors (Lipinski definition) is 1. The molecule has 104 valence electrons. The third kappa shape index (κ3) is 3.03. The summed E-state index contributed by atoms with van der Waals surface area (Å²) in [5.41, 5.74) is 0.988. The number of nitrogens with zero attached hydrogens (tertiary/aromatic N) is 1. The molecule has 1 heterocycles. The second-order valence-corrected chi connectivity index (χ2v) is 5.36. The van der Waals surface area contributed by atoms with Crippen LogP contribution in [0.1, 0.15) is 10.4 Å². The Morgan fingerprint density at radius 1 is 1.10 bits per heavy atom. The molecule has 0 aliphatic heterocycles. The summed E-state index contributed by atoms with van der Waals surface area (Å²) in [6.45, 7) is 0. The average molecular weight is 344 g/mol. The van der Waals surface area contributed by atoms with Gasteiger partial charge < -0.3 is 9.84 Å². The van der Waals surface area contributed by atoms with E-state index in [1.165, 1.54) is 12.1 Å². The van der Waals surface area contributed by atoms with Crippen LogP contribution >= 0.6 is 15.9 Å².